The van der Waals surface area contributed by atoms with E-state index >= 15 is 0 Å². The molecular weight excluding hydrogens is 284 g/mol. The second-order valence-electron chi connectivity index (χ2n) is 5.13. The lowest BCUT2D eigenvalue weighted by molar-refractivity contribution is -0.114. The van der Waals surface area contributed by atoms with Gasteiger partial charge in [0.05, 0.1) is 0 Å². The summed E-state index contributed by atoms with van der Waals surface area (Å²) in [6.45, 7) is 5.63. The maximum atomic E-state index is 11.1. The van der Waals surface area contributed by atoms with Gasteiger partial charge in [0.15, 0.2) is 0 Å². The predicted octanol–water partition coefficient (Wildman–Crippen LogP) is 4.78. The molecular formula is C17H19ClN2O. The van der Waals surface area contributed by atoms with E-state index in [1.165, 1.54) is 6.92 Å². The minimum atomic E-state index is -0.0736. The summed E-state index contributed by atoms with van der Waals surface area (Å²) < 4.78 is 0. The van der Waals surface area contributed by atoms with Gasteiger partial charge in [0.25, 0.3) is 0 Å². The third kappa shape index (κ3) is 4.23. The van der Waals surface area contributed by atoms with Crippen molar-refractivity contribution in [3.8, 4) is 0 Å². The van der Waals surface area contributed by atoms with Crippen LogP contribution in [0.1, 0.15) is 31.0 Å². The van der Waals surface area contributed by atoms with E-state index in [-0.39, 0.29) is 11.9 Å². The molecule has 0 bridgehead atoms. The Morgan fingerprint density at radius 2 is 1.81 bits per heavy atom. The van der Waals surface area contributed by atoms with Gasteiger partial charge in [0.1, 0.15) is 0 Å². The van der Waals surface area contributed by atoms with Crippen molar-refractivity contribution in [1.82, 2.24) is 0 Å². The molecule has 3 nitrogen and oxygen atoms in total. The first-order valence-electron chi connectivity index (χ1n) is 6.86. The maximum absolute atomic E-state index is 11.1. The molecule has 1 atom stereocenters. The lowest BCUT2D eigenvalue weighted by Gasteiger charge is -2.18. The predicted molar refractivity (Wildman–Crippen MR) is 89.0 cm³/mol. The van der Waals surface area contributed by atoms with Crippen LogP contribution in [0, 0.1) is 6.92 Å². The standard InChI is InChI=1S/C17H19ClN2O/c1-11-4-9-16(20-13(3)21)10-17(11)19-12(2)14-5-7-15(18)8-6-14/h4-10,12,19H,1-3H3,(H,20,21). The first kappa shape index (κ1) is 15.4. The Morgan fingerprint density at radius 1 is 1.14 bits per heavy atom. The minimum Gasteiger partial charge on any atom is -0.378 e. The highest BCUT2D eigenvalue weighted by Gasteiger charge is 2.08. The van der Waals surface area contributed by atoms with Gasteiger partial charge in [-0.3, -0.25) is 4.79 Å². The van der Waals surface area contributed by atoms with E-state index in [1.54, 1.807) is 0 Å². The molecule has 0 aliphatic rings. The summed E-state index contributed by atoms with van der Waals surface area (Å²) in [5, 5.41) is 6.99. The smallest absolute Gasteiger partial charge is 0.221 e. The van der Waals surface area contributed by atoms with Crippen molar-refractivity contribution in [1.29, 1.82) is 0 Å². The van der Waals surface area contributed by atoms with Crippen molar-refractivity contribution in [3.05, 3.63) is 58.6 Å². The second kappa shape index (κ2) is 6.64. The maximum Gasteiger partial charge on any atom is 0.221 e. The highest BCUT2D eigenvalue weighted by atomic mass is 35.5. The summed E-state index contributed by atoms with van der Waals surface area (Å²) >= 11 is 5.91. The molecule has 2 rings (SSSR count). The SMILES string of the molecule is CC(=O)Nc1ccc(C)c(NC(C)c2ccc(Cl)cc2)c1. The van der Waals surface area contributed by atoms with Crippen molar-refractivity contribution >= 4 is 28.9 Å². The van der Waals surface area contributed by atoms with Gasteiger partial charge in [0.2, 0.25) is 5.91 Å². The molecule has 0 fully saturated rings. The Hall–Kier alpha value is -2.00. The Bertz CT molecular complexity index is 638. The first-order chi connectivity index (χ1) is 9.95. The van der Waals surface area contributed by atoms with Crippen LogP contribution in [0.25, 0.3) is 0 Å². The quantitative estimate of drug-likeness (QED) is 0.853. The van der Waals surface area contributed by atoms with Gasteiger partial charge in [0, 0.05) is 29.4 Å². The molecule has 0 heterocycles. The van der Waals surface area contributed by atoms with Gasteiger partial charge in [-0.05, 0) is 49.2 Å². The third-order valence-electron chi connectivity index (χ3n) is 3.30. The normalized spacial score (nSPS) is 11.8. The number of carbonyl (C=O) groups is 1. The van der Waals surface area contributed by atoms with Crippen LogP contribution < -0.4 is 10.6 Å². The van der Waals surface area contributed by atoms with Crippen LogP contribution in [0.3, 0.4) is 0 Å². The molecule has 21 heavy (non-hydrogen) atoms. The molecule has 0 saturated carbocycles. The zero-order chi connectivity index (χ0) is 15.4. The van der Waals surface area contributed by atoms with Crippen LogP contribution in [-0.4, -0.2) is 5.91 Å². The molecule has 2 N–H and O–H groups in total. The van der Waals surface area contributed by atoms with Crippen LogP contribution in [-0.2, 0) is 4.79 Å². The Kier molecular flexibility index (Phi) is 4.86. The summed E-state index contributed by atoms with van der Waals surface area (Å²) in [5.74, 6) is -0.0736. The first-order valence-corrected chi connectivity index (χ1v) is 7.24. The zero-order valence-corrected chi connectivity index (χ0v) is 13.2. The van der Waals surface area contributed by atoms with Gasteiger partial charge >= 0.3 is 0 Å². The van der Waals surface area contributed by atoms with Gasteiger partial charge < -0.3 is 10.6 Å². The number of anilines is 2. The average molecular weight is 303 g/mol. The number of amides is 1. The summed E-state index contributed by atoms with van der Waals surface area (Å²) in [5.41, 5.74) is 4.08. The van der Waals surface area contributed by atoms with Crippen LogP contribution in [0.2, 0.25) is 5.02 Å². The average Bonchev–Trinajstić information content (AvgIpc) is 2.42. The number of benzene rings is 2. The van der Waals surface area contributed by atoms with Crippen LogP contribution >= 0.6 is 11.6 Å². The van der Waals surface area contributed by atoms with Crippen LogP contribution in [0.5, 0.6) is 0 Å². The second-order valence-corrected chi connectivity index (χ2v) is 5.56. The van der Waals surface area contributed by atoms with Crippen molar-refractivity contribution in [3.63, 3.8) is 0 Å². The molecule has 2 aromatic rings. The lowest BCUT2D eigenvalue weighted by atomic mass is 10.1. The molecule has 1 amide bonds. The van der Waals surface area contributed by atoms with Gasteiger partial charge in [-0.25, -0.2) is 0 Å². The minimum absolute atomic E-state index is 0.0736. The third-order valence-corrected chi connectivity index (χ3v) is 3.55. The summed E-state index contributed by atoms with van der Waals surface area (Å²) in [6.07, 6.45) is 0. The topological polar surface area (TPSA) is 41.1 Å². The molecule has 1 unspecified atom stereocenters. The van der Waals surface area contributed by atoms with Crippen molar-refractivity contribution in [2.45, 2.75) is 26.8 Å². The van der Waals surface area contributed by atoms with Crippen molar-refractivity contribution in [2.24, 2.45) is 0 Å². The van der Waals surface area contributed by atoms with E-state index in [0.29, 0.717) is 0 Å². The fourth-order valence-corrected chi connectivity index (χ4v) is 2.25. The molecule has 0 aliphatic heterocycles. The fourth-order valence-electron chi connectivity index (χ4n) is 2.13. The Morgan fingerprint density at radius 3 is 2.43 bits per heavy atom. The molecule has 110 valence electrons. The van der Waals surface area contributed by atoms with E-state index in [9.17, 15) is 4.79 Å². The summed E-state index contributed by atoms with van der Waals surface area (Å²) in [4.78, 5) is 11.1. The summed E-state index contributed by atoms with van der Waals surface area (Å²) in [7, 11) is 0. The van der Waals surface area contributed by atoms with E-state index in [4.69, 9.17) is 11.6 Å². The molecule has 0 aromatic heterocycles. The van der Waals surface area contributed by atoms with Crippen LogP contribution in [0.4, 0.5) is 11.4 Å². The highest BCUT2D eigenvalue weighted by molar-refractivity contribution is 6.30. The van der Waals surface area contributed by atoms with Gasteiger partial charge in [-0.15, -0.1) is 0 Å². The number of carbonyl (C=O) groups excluding carboxylic acids is 1. The number of halogens is 1. The van der Waals surface area contributed by atoms with E-state index < -0.39 is 0 Å². The van der Waals surface area contributed by atoms with Crippen molar-refractivity contribution in [2.75, 3.05) is 10.6 Å². The van der Waals surface area contributed by atoms with E-state index in [0.717, 1.165) is 27.5 Å². The molecule has 4 heteroatoms. The molecule has 0 aliphatic carbocycles. The molecule has 0 spiro atoms. The lowest BCUT2D eigenvalue weighted by Crippen LogP contribution is -2.09. The largest absolute Gasteiger partial charge is 0.378 e. The van der Waals surface area contributed by atoms with Crippen LogP contribution in [0.15, 0.2) is 42.5 Å². The number of hydrogen-bond acceptors (Lipinski definition) is 2. The Labute approximate surface area is 130 Å². The number of aryl methyl sites for hydroxylation is 1. The summed E-state index contributed by atoms with van der Waals surface area (Å²) in [6, 6.07) is 13.8. The zero-order valence-electron chi connectivity index (χ0n) is 12.4. The van der Waals surface area contributed by atoms with Gasteiger partial charge in [-0.2, -0.15) is 0 Å². The van der Waals surface area contributed by atoms with E-state index in [2.05, 4.69) is 17.6 Å². The van der Waals surface area contributed by atoms with Gasteiger partial charge in [-0.1, -0.05) is 29.8 Å². The number of nitrogens with one attached hydrogen (secondary N) is 2. The number of hydrogen-bond donors (Lipinski definition) is 2. The fraction of sp³-hybridized carbons (Fsp3) is 0.235. The molecule has 2 aromatic carbocycles. The number of rotatable bonds is 4. The monoisotopic (exact) mass is 302 g/mol. The molecule has 0 saturated heterocycles. The highest BCUT2D eigenvalue weighted by Crippen LogP contribution is 2.25. The molecule has 0 radical (unpaired) electrons. The van der Waals surface area contributed by atoms with E-state index in [1.807, 2.05) is 49.4 Å². The Balaban J connectivity index is 2.17. The van der Waals surface area contributed by atoms with Crippen molar-refractivity contribution < 1.29 is 4.79 Å².